The highest BCUT2D eigenvalue weighted by molar-refractivity contribution is 7.67. The van der Waals surface area contributed by atoms with Gasteiger partial charge >= 0.3 is 0 Å². The molecule has 0 aliphatic heterocycles. The molecule has 0 amide bonds. The van der Waals surface area contributed by atoms with E-state index in [0.29, 0.717) is 23.4 Å². The maximum absolute atomic E-state index is 13.7. The lowest BCUT2D eigenvalue weighted by atomic mass is 10.0. The van der Waals surface area contributed by atoms with E-state index in [2.05, 4.69) is 13.8 Å². The Balaban J connectivity index is 2.39. The minimum atomic E-state index is -3.45. The highest BCUT2D eigenvalue weighted by Crippen LogP contribution is 2.57. The Morgan fingerprint density at radius 2 is 1.54 bits per heavy atom. The second-order valence-electron chi connectivity index (χ2n) is 7.04. The van der Waals surface area contributed by atoms with Crippen LogP contribution in [-0.4, -0.2) is 25.8 Å². The summed E-state index contributed by atoms with van der Waals surface area (Å²) < 4.78 is 19.4. The second-order valence-corrected chi connectivity index (χ2v) is 9.49. The summed E-state index contributed by atoms with van der Waals surface area (Å²) in [6, 6.07) is 15.0. The summed E-state index contributed by atoms with van der Waals surface area (Å²) in [5.74, 6) is -0.775. The van der Waals surface area contributed by atoms with Crippen molar-refractivity contribution in [2.75, 3.05) is 25.6 Å². The van der Waals surface area contributed by atoms with Crippen LogP contribution >= 0.6 is 7.37 Å². The Labute approximate surface area is 157 Å². The SMILES string of the molecule is CCCO[P@](=O)(c1ccc(N(C)C)cc1)[C@H](O)c1ccc(C(C)C)cc1. The van der Waals surface area contributed by atoms with E-state index < -0.39 is 13.2 Å². The first-order valence-corrected chi connectivity index (χ1v) is 10.8. The van der Waals surface area contributed by atoms with Crippen LogP contribution < -0.4 is 10.2 Å². The molecule has 0 radical (unpaired) electrons. The molecule has 5 heteroatoms. The fourth-order valence-electron chi connectivity index (χ4n) is 2.72. The van der Waals surface area contributed by atoms with E-state index >= 15 is 0 Å². The Morgan fingerprint density at radius 1 is 1.00 bits per heavy atom. The van der Waals surface area contributed by atoms with Crippen molar-refractivity contribution in [3.8, 4) is 0 Å². The molecule has 0 saturated carbocycles. The third-order valence-corrected chi connectivity index (χ3v) is 6.96. The van der Waals surface area contributed by atoms with E-state index in [4.69, 9.17) is 4.52 Å². The van der Waals surface area contributed by atoms with Crippen molar-refractivity contribution in [3.05, 3.63) is 59.7 Å². The highest BCUT2D eigenvalue weighted by Gasteiger charge is 2.36. The normalized spacial score (nSPS) is 14.9. The van der Waals surface area contributed by atoms with Crippen molar-refractivity contribution in [3.63, 3.8) is 0 Å². The standard InChI is InChI=1S/C21H30NO3P/c1-6-15-25-26(24,20-13-11-19(12-14-20)22(4)5)21(23)18-9-7-17(8-10-18)16(2)3/h7-14,16,21,23H,6,15H2,1-5H3/t21-,26+/m0/s1. The second kappa shape index (κ2) is 8.85. The first-order valence-electron chi connectivity index (χ1n) is 9.09. The summed E-state index contributed by atoms with van der Waals surface area (Å²) in [7, 11) is 0.450. The zero-order valence-electron chi connectivity index (χ0n) is 16.3. The van der Waals surface area contributed by atoms with Gasteiger partial charge in [0, 0.05) is 25.1 Å². The molecule has 0 spiro atoms. The quantitative estimate of drug-likeness (QED) is 0.667. The fraction of sp³-hybridized carbons (Fsp3) is 0.429. The smallest absolute Gasteiger partial charge is 0.264 e. The Bertz CT molecular complexity index is 739. The Kier molecular flexibility index (Phi) is 7.05. The molecule has 26 heavy (non-hydrogen) atoms. The molecule has 2 atom stereocenters. The molecule has 1 N–H and O–H groups in total. The molecule has 0 bridgehead atoms. The van der Waals surface area contributed by atoms with Gasteiger partial charge in [-0.25, -0.2) is 0 Å². The van der Waals surface area contributed by atoms with Gasteiger partial charge in [0.05, 0.1) is 6.61 Å². The zero-order chi connectivity index (χ0) is 19.3. The van der Waals surface area contributed by atoms with Crippen LogP contribution in [-0.2, 0) is 9.09 Å². The highest BCUT2D eigenvalue weighted by atomic mass is 31.2. The van der Waals surface area contributed by atoms with Crippen molar-refractivity contribution in [2.45, 2.75) is 39.0 Å². The number of aliphatic hydroxyl groups is 1. The third kappa shape index (κ3) is 4.56. The monoisotopic (exact) mass is 375 g/mol. The molecule has 0 aliphatic rings. The van der Waals surface area contributed by atoms with Gasteiger partial charge < -0.3 is 14.5 Å². The molecule has 0 unspecified atom stereocenters. The van der Waals surface area contributed by atoms with Crippen LogP contribution in [0.4, 0.5) is 5.69 Å². The first kappa shape index (κ1) is 20.7. The van der Waals surface area contributed by atoms with Crippen LogP contribution in [0.3, 0.4) is 0 Å². The molecule has 2 rings (SSSR count). The van der Waals surface area contributed by atoms with Crippen molar-refractivity contribution < 1.29 is 14.2 Å². The number of hydrogen-bond acceptors (Lipinski definition) is 4. The molecule has 2 aromatic carbocycles. The molecular weight excluding hydrogens is 345 g/mol. The van der Waals surface area contributed by atoms with Gasteiger partial charge in [-0.05, 0) is 47.7 Å². The van der Waals surface area contributed by atoms with Gasteiger partial charge in [0.2, 0.25) is 0 Å². The molecule has 142 valence electrons. The van der Waals surface area contributed by atoms with E-state index in [1.807, 2.05) is 62.3 Å². The molecule has 0 fully saturated rings. The van der Waals surface area contributed by atoms with Gasteiger partial charge in [-0.2, -0.15) is 0 Å². The third-order valence-electron chi connectivity index (χ3n) is 4.44. The van der Waals surface area contributed by atoms with E-state index in [-0.39, 0.29) is 0 Å². The maximum Gasteiger partial charge on any atom is 0.264 e. The summed E-state index contributed by atoms with van der Waals surface area (Å²) in [6.07, 6.45) is 0.735. The van der Waals surface area contributed by atoms with Crippen LogP contribution in [0.15, 0.2) is 48.5 Å². The number of aliphatic hydroxyl groups excluding tert-OH is 1. The van der Waals surface area contributed by atoms with Gasteiger partial charge in [0.15, 0.2) is 5.85 Å². The van der Waals surface area contributed by atoms with Crippen LogP contribution in [0.5, 0.6) is 0 Å². The largest absolute Gasteiger partial charge is 0.378 e. The number of rotatable bonds is 8. The van der Waals surface area contributed by atoms with Crippen molar-refractivity contribution in [1.82, 2.24) is 0 Å². The summed E-state index contributed by atoms with van der Waals surface area (Å²) in [5, 5.41) is 11.5. The molecule has 0 aromatic heterocycles. The maximum atomic E-state index is 13.7. The van der Waals surface area contributed by atoms with Crippen molar-refractivity contribution in [2.24, 2.45) is 0 Å². The molecule has 4 nitrogen and oxygen atoms in total. The number of nitrogens with zero attached hydrogens (tertiary/aromatic N) is 1. The van der Waals surface area contributed by atoms with Crippen LogP contribution in [0.25, 0.3) is 0 Å². The van der Waals surface area contributed by atoms with Gasteiger partial charge in [-0.3, -0.25) is 4.57 Å². The minimum Gasteiger partial charge on any atom is -0.378 e. The summed E-state index contributed by atoms with van der Waals surface area (Å²) in [5.41, 5.74) is 2.80. The minimum absolute atomic E-state index is 0.341. The number of anilines is 1. The number of hydrogen-bond donors (Lipinski definition) is 1. The summed E-state index contributed by atoms with van der Waals surface area (Å²) in [4.78, 5) is 1.97. The van der Waals surface area contributed by atoms with Crippen LogP contribution in [0, 0.1) is 0 Å². The Morgan fingerprint density at radius 3 is 2.00 bits per heavy atom. The van der Waals surface area contributed by atoms with Crippen LogP contribution in [0.2, 0.25) is 0 Å². The predicted molar refractivity (Wildman–Crippen MR) is 110 cm³/mol. The van der Waals surface area contributed by atoms with E-state index in [1.165, 1.54) is 5.56 Å². The van der Waals surface area contributed by atoms with E-state index in [0.717, 1.165) is 12.1 Å². The molecular formula is C21H30NO3P. The van der Waals surface area contributed by atoms with Gasteiger partial charge in [-0.1, -0.05) is 45.0 Å². The first-order chi connectivity index (χ1) is 12.3. The predicted octanol–water partition coefficient (Wildman–Crippen LogP) is 4.90. The lowest BCUT2D eigenvalue weighted by molar-refractivity contribution is 0.214. The topological polar surface area (TPSA) is 49.8 Å². The zero-order valence-corrected chi connectivity index (χ0v) is 17.2. The van der Waals surface area contributed by atoms with Crippen LogP contribution in [0.1, 0.15) is 50.1 Å². The van der Waals surface area contributed by atoms with Gasteiger partial charge in [-0.15, -0.1) is 0 Å². The molecule has 0 saturated heterocycles. The molecule has 0 aliphatic carbocycles. The average Bonchev–Trinajstić information content (AvgIpc) is 2.65. The number of benzene rings is 2. The van der Waals surface area contributed by atoms with Gasteiger partial charge in [0.1, 0.15) is 0 Å². The van der Waals surface area contributed by atoms with Crippen molar-refractivity contribution in [1.29, 1.82) is 0 Å². The lowest BCUT2D eigenvalue weighted by Gasteiger charge is -2.25. The van der Waals surface area contributed by atoms with Gasteiger partial charge in [0.25, 0.3) is 7.37 Å². The Hall–Kier alpha value is -1.61. The summed E-state index contributed by atoms with van der Waals surface area (Å²) in [6.45, 7) is 6.54. The van der Waals surface area contributed by atoms with E-state index in [1.54, 1.807) is 12.1 Å². The van der Waals surface area contributed by atoms with E-state index in [9.17, 15) is 9.67 Å². The summed E-state index contributed by atoms with van der Waals surface area (Å²) >= 11 is 0. The molecule has 0 heterocycles. The molecule has 2 aromatic rings. The fourth-order valence-corrected chi connectivity index (χ4v) is 4.88. The average molecular weight is 375 g/mol. The van der Waals surface area contributed by atoms with Crippen molar-refractivity contribution >= 4 is 18.4 Å². The lowest BCUT2D eigenvalue weighted by Crippen LogP contribution is -2.16.